The fourth-order valence-electron chi connectivity index (χ4n) is 1.96. The number of pyridine rings is 1. The first-order valence-corrected chi connectivity index (χ1v) is 7.61. The van der Waals surface area contributed by atoms with E-state index < -0.39 is 12.3 Å². The van der Waals surface area contributed by atoms with Gasteiger partial charge in [-0.3, -0.25) is 10.3 Å². The Kier molecular flexibility index (Phi) is 6.73. The number of carbonyl (C=O) groups is 1. The maximum Gasteiger partial charge on any atom is 0.323 e. The van der Waals surface area contributed by atoms with Crippen LogP contribution >= 0.6 is 0 Å². The van der Waals surface area contributed by atoms with E-state index in [1.807, 2.05) is 30.3 Å². The molecular weight excluding hydrogens is 306 g/mol. The number of nitrogens with zero attached hydrogens (tertiary/aromatic N) is 2. The highest BCUT2D eigenvalue weighted by atomic mass is 16.5. The summed E-state index contributed by atoms with van der Waals surface area (Å²) >= 11 is 0. The van der Waals surface area contributed by atoms with Crippen molar-refractivity contribution in [2.24, 2.45) is 10.7 Å². The normalized spacial score (nSPS) is 12.5. The fraction of sp³-hybridized carbons (Fsp3) is 0.235. The average Bonchev–Trinajstić information content (AvgIpc) is 2.56. The lowest BCUT2D eigenvalue weighted by molar-refractivity contribution is 0.0525. The predicted octanol–water partition coefficient (Wildman–Crippen LogP) is 1.93. The van der Waals surface area contributed by atoms with Crippen LogP contribution in [-0.4, -0.2) is 29.8 Å². The number of rotatable bonds is 6. The van der Waals surface area contributed by atoms with Gasteiger partial charge in [0.2, 0.25) is 5.96 Å². The Morgan fingerprint density at radius 2 is 1.96 bits per heavy atom. The molecule has 1 aromatic heterocycles. The minimum atomic E-state index is -0.475. The fourth-order valence-corrected chi connectivity index (χ4v) is 1.96. The minimum absolute atomic E-state index is 0.00446. The van der Waals surface area contributed by atoms with Crippen LogP contribution in [0.3, 0.4) is 0 Å². The van der Waals surface area contributed by atoms with Crippen LogP contribution < -0.4 is 16.4 Å². The average molecular weight is 327 g/mol. The largest absolute Gasteiger partial charge is 0.369 e. The highest BCUT2D eigenvalue weighted by Crippen LogP contribution is 2.07. The number of nitrogens with one attached hydrogen (secondary N) is 2. The van der Waals surface area contributed by atoms with E-state index in [-0.39, 0.29) is 5.96 Å². The first-order chi connectivity index (χ1) is 11.6. The molecular formula is C17H21N5O2. The second-order valence-corrected chi connectivity index (χ2v) is 5.05. The molecule has 1 atom stereocenters. The molecule has 0 aliphatic heterocycles. The molecule has 24 heavy (non-hydrogen) atoms. The van der Waals surface area contributed by atoms with Crippen molar-refractivity contribution < 1.29 is 9.53 Å². The van der Waals surface area contributed by atoms with E-state index in [0.29, 0.717) is 12.3 Å². The summed E-state index contributed by atoms with van der Waals surface area (Å²) in [4.78, 5) is 19.7. The lowest BCUT2D eigenvalue weighted by atomic mass is 10.2. The zero-order valence-corrected chi connectivity index (χ0v) is 13.5. The van der Waals surface area contributed by atoms with Gasteiger partial charge >= 0.3 is 6.03 Å². The summed E-state index contributed by atoms with van der Waals surface area (Å²) < 4.78 is 5.56. The molecule has 0 aliphatic rings. The number of hydrogen-bond donors (Lipinski definition) is 3. The third-order valence-electron chi connectivity index (χ3n) is 3.09. The van der Waals surface area contributed by atoms with Crippen molar-refractivity contribution in [3.8, 4) is 0 Å². The third-order valence-corrected chi connectivity index (χ3v) is 3.09. The van der Waals surface area contributed by atoms with Gasteiger partial charge in [-0.15, -0.1) is 0 Å². The van der Waals surface area contributed by atoms with Crippen LogP contribution in [0.2, 0.25) is 0 Å². The SMILES string of the molecule is CC(NC(=O)NC(N)=Nc1ccncc1)OCCc1ccccc1. The summed E-state index contributed by atoms with van der Waals surface area (Å²) in [6.07, 6.45) is 3.52. The molecule has 0 spiro atoms. The van der Waals surface area contributed by atoms with Gasteiger partial charge in [0.05, 0.1) is 12.3 Å². The second kappa shape index (κ2) is 9.26. The lowest BCUT2D eigenvalue weighted by Gasteiger charge is -2.15. The van der Waals surface area contributed by atoms with Gasteiger partial charge in [0.15, 0.2) is 0 Å². The standard InChI is InChI=1S/C17H21N5O2/c1-13(24-12-9-14-5-3-2-4-6-14)20-17(23)22-16(18)21-15-7-10-19-11-8-15/h2-8,10-11,13H,9,12H2,1H3,(H4,18,19,20,21,22,23). The molecule has 4 N–H and O–H groups in total. The summed E-state index contributed by atoms with van der Waals surface area (Å²) in [5, 5.41) is 5.08. The van der Waals surface area contributed by atoms with Crippen LogP contribution in [0.15, 0.2) is 59.9 Å². The smallest absolute Gasteiger partial charge is 0.323 e. The van der Waals surface area contributed by atoms with E-state index in [4.69, 9.17) is 10.5 Å². The number of urea groups is 1. The molecule has 0 bridgehead atoms. The monoisotopic (exact) mass is 327 g/mol. The van der Waals surface area contributed by atoms with Crippen molar-refractivity contribution in [2.75, 3.05) is 6.61 Å². The highest BCUT2D eigenvalue weighted by Gasteiger charge is 2.08. The van der Waals surface area contributed by atoms with Gasteiger partial charge in [0, 0.05) is 12.4 Å². The van der Waals surface area contributed by atoms with Gasteiger partial charge < -0.3 is 15.8 Å². The van der Waals surface area contributed by atoms with Crippen LogP contribution in [0.25, 0.3) is 0 Å². The maximum atomic E-state index is 11.8. The van der Waals surface area contributed by atoms with Crippen LogP contribution in [0.5, 0.6) is 0 Å². The molecule has 7 nitrogen and oxygen atoms in total. The first-order valence-electron chi connectivity index (χ1n) is 7.61. The van der Waals surface area contributed by atoms with Gasteiger partial charge in [-0.2, -0.15) is 0 Å². The minimum Gasteiger partial charge on any atom is -0.369 e. The highest BCUT2D eigenvalue weighted by molar-refractivity contribution is 5.96. The van der Waals surface area contributed by atoms with E-state index in [2.05, 4.69) is 20.6 Å². The number of aromatic nitrogens is 1. The molecule has 0 fully saturated rings. The Hall–Kier alpha value is -2.93. The summed E-state index contributed by atoms with van der Waals surface area (Å²) in [5.74, 6) is -0.00446. The molecule has 2 aromatic rings. The molecule has 0 saturated heterocycles. The summed E-state index contributed by atoms with van der Waals surface area (Å²) in [6.45, 7) is 2.26. The number of benzene rings is 1. The number of hydrogen-bond acceptors (Lipinski definition) is 4. The van der Waals surface area contributed by atoms with Crippen molar-refractivity contribution >= 4 is 17.7 Å². The molecule has 0 aliphatic carbocycles. The number of amides is 2. The zero-order valence-electron chi connectivity index (χ0n) is 13.5. The van der Waals surface area contributed by atoms with Gasteiger partial charge in [-0.25, -0.2) is 9.79 Å². The molecule has 1 heterocycles. The van der Waals surface area contributed by atoms with Crippen molar-refractivity contribution in [1.29, 1.82) is 0 Å². The van der Waals surface area contributed by atoms with Gasteiger partial charge in [0.25, 0.3) is 0 Å². The van der Waals surface area contributed by atoms with E-state index in [9.17, 15) is 4.79 Å². The molecule has 2 amide bonds. The van der Waals surface area contributed by atoms with E-state index >= 15 is 0 Å². The summed E-state index contributed by atoms with van der Waals surface area (Å²) in [7, 11) is 0. The second-order valence-electron chi connectivity index (χ2n) is 5.05. The van der Waals surface area contributed by atoms with Crippen LogP contribution in [-0.2, 0) is 11.2 Å². The van der Waals surface area contributed by atoms with E-state index in [1.165, 1.54) is 5.56 Å². The molecule has 1 aromatic carbocycles. The van der Waals surface area contributed by atoms with Crippen LogP contribution in [0.1, 0.15) is 12.5 Å². The quantitative estimate of drug-likeness (QED) is 0.428. The first kappa shape index (κ1) is 17.4. The van der Waals surface area contributed by atoms with E-state index in [0.717, 1.165) is 6.42 Å². The van der Waals surface area contributed by atoms with Gasteiger partial charge in [0.1, 0.15) is 6.23 Å². The van der Waals surface area contributed by atoms with Gasteiger partial charge in [-0.1, -0.05) is 30.3 Å². The van der Waals surface area contributed by atoms with Crippen molar-refractivity contribution in [1.82, 2.24) is 15.6 Å². The van der Waals surface area contributed by atoms with Crippen molar-refractivity contribution in [3.05, 3.63) is 60.4 Å². The number of carbonyl (C=O) groups excluding carboxylic acids is 1. The third kappa shape index (κ3) is 6.45. The molecule has 7 heteroatoms. The lowest BCUT2D eigenvalue weighted by Crippen LogP contribution is -2.47. The van der Waals surface area contributed by atoms with Crippen molar-refractivity contribution in [2.45, 2.75) is 19.6 Å². The molecule has 0 radical (unpaired) electrons. The number of nitrogens with two attached hydrogens (primary N) is 1. The zero-order chi connectivity index (χ0) is 17.2. The van der Waals surface area contributed by atoms with Crippen LogP contribution in [0.4, 0.5) is 10.5 Å². The molecule has 1 unspecified atom stereocenters. The van der Waals surface area contributed by atoms with Crippen LogP contribution in [0, 0.1) is 0 Å². The van der Waals surface area contributed by atoms with E-state index in [1.54, 1.807) is 31.5 Å². The molecule has 126 valence electrons. The van der Waals surface area contributed by atoms with Crippen molar-refractivity contribution in [3.63, 3.8) is 0 Å². The van der Waals surface area contributed by atoms with Gasteiger partial charge in [-0.05, 0) is 31.0 Å². The molecule has 0 saturated carbocycles. The Morgan fingerprint density at radius 1 is 1.25 bits per heavy atom. The summed E-state index contributed by atoms with van der Waals surface area (Å²) in [6, 6.07) is 12.9. The number of aliphatic imine (C=N–C) groups is 1. The maximum absolute atomic E-state index is 11.8. The number of ether oxygens (including phenoxy) is 1. The predicted molar refractivity (Wildman–Crippen MR) is 92.7 cm³/mol. The molecule has 2 rings (SSSR count). The Morgan fingerprint density at radius 3 is 2.67 bits per heavy atom. The Balaban J connectivity index is 1.70. The summed E-state index contributed by atoms with van der Waals surface area (Å²) in [5.41, 5.74) is 7.46. The Bertz CT molecular complexity index is 661. The number of guanidine groups is 1. The Labute approximate surface area is 141 Å². The topological polar surface area (TPSA) is 102 Å².